The van der Waals surface area contributed by atoms with Crippen LogP contribution in [-0.4, -0.2) is 51.1 Å². The van der Waals surface area contributed by atoms with Gasteiger partial charge in [-0.1, -0.05) is 18.2 Å². The van der Waals surface area contributed by atoms with Crippen molar-refractivity contribution in [2.45, 2.75) is 6.92 Å². The van der Waals surface area contributed by atoms with Gasteiger partial charge in [-0.15, -0.1) is 0 Å². The standard InChI is InChI=1S/C22H23BrN2O4/c1-5-28-19-12-14(11-17(23)21(19)29-13-20(26)24(2)3)10-16-15-8-6-7-9-18(15)25(4)22(16)27/h6-12H,5,13H2,1-4H3. The number of fused-ring (bicyclic) bond motifs is 1. The number of carbonyl (C=O) groups excluding carboxylic acids is 2. The summed E-state index contributed by atoms with van der Waals surface area (Å²) in [6, 6.07) is 11.3. The molecule has 0 saturated heterocycles. The minimum atomic E-state index is -0.151. The molecule has 2 aromatic carbocycles. The van der Waals surface area contributed by atoms with Crippen LogP contribution in [0.1, 0.15) is 18.1 Å². The van der Waals surface area contributed by atoms with E-state index in [1.165, 1.54) is 4.90 Å². The number of carbonyl (C=O) groups is 2. The number of ether oxygens (including phenoxy) is 2. The lowest BCUT2D eigenvalue weighted by Crippen LogP contribution is -2.27. The van der Waals surface area contributed by atoms with Crippen LogP contribution in [0.25, 0.3) is 11.6 Å². The van der Waals surface area contributed by atoms with Crippen molar-refractivity contribution in [2.24, 2.45) is 0 Å². The van der Waals surface area contributed by atoms with Crippen molar-refractivity contribution in [2.75, 3.05) is 39.3 Å². The first-order valence-corrected chi connectivity index (χ1v) is 10.0. The Labute approximate surface area is 178 Å². The molecule has 0 atom stereocenters. The van der Waals surface area contributed by atoms with Crippen LogP contribution in [-0.2, 0) is 9.59 Å². The number of halogens is 1. The quantitative estimate of drug-likeness (QED) is 0.617. The van der Waals surface area contributed by atoms with Crippen LogP contribution >= 0.6 is 15.9 Å². The summed E-state index contributed by atoms with van der Waals surface area (Å²) >= 11 is 3.51. The Hall–Kier alpha value is -2.80. The predicted octanol–water partition coefficient (Wildman–Crippen LogP) is 3.83. The molecule has 0 aromatic heterocycles. The molecule has 152 valence electrons. The van der Waals surface area contributed by atoms with Crippen molar-refractivity contribution in [3.8, 4) is 11.5 Å². The van der Waals surface area contributed by atoms with E-state index in [4.69, 9.17) is 9.47 Å². The fourth-order valence-electron chi connectivity index (χ4n) is 3.04. The van der Waals surface area contributed by atoms with Gasteiger partial charge in [0.05, 0.1) is 16.8 Å². The van der Waals surface area contributed by atoms with Crippen LogP contribution < -0.4 is 14.4 Å². The third-order valence-corrected chi connectivity index (χ3v) is 5.16. The zero-order valence-electron chi connectivity index (χ0n) is 16.9. The summed E-state index contributed by atoms with van der Waals surface area (Å²) in [6.45, 7) is 2.22. The van der Waals surface area contributed by atoms with Crippen LogP contribution in [0.3, 0.4) is 0 Å². The Bertz CT molecular complexity index is 985. The van der Waals surface area contributed by atoms with Crippen LogP contribution in [0.15, 0.2) is 40.9 Å². The fraction of sp³-hybridized carbons (Fsp3) is 0.273. The van der Waals surface area contributed by atoms with Gasteiger partial charge >= 0.3 is 0 Å². The largest absolute Gasteiger partial charge is 0.490 e. The second-order valence-corrected chi connectivity index (χ2v) is 7.63. The van der Waals surface area contributed by atoms with E-state index in [0.717, 1.165) is 16.8 Å². The van der Waals surface area contributed by atoms with Gasteiger partial charge in [-0.2, -0.15) is 0 Å². The van der Waals surface area contributed by atoms with Crippen molar-refractivity contribution in [3.63, 3.8) is 0 Å². The minimum absolute atomic E-state index is 0.0582. The summed E-state index contributed by atoms with van der Waals surface area (Å²) in [5.41, 5.74) is 3.19. The number of likely N-dealkylation sites (N-methyl/N-ethyl adjacent to an activating group) is 2. The third-order valence-electron chi connectivity index (χ3n) is 4.57. The maximum Gasteiger partial charge on any atom is 0.259 e. The first-order valence-electron chi connectivity index (χ1n) is 9.22. The lowest BCUT2D eigenvalue weighted by molar-refractivity contribution is -0.130. The molecule has 0 radical (unpaired) electrons. The van der Waals surface area contributed by atoms with Crippen molar-refractivity contribution in [3.05, 3.63) is 52.0 Å². The van der Waals surface area contributed by atoms with E-state index in [1.807, 2.05) is 49.4 Å². The van der Waals surface area contributed by atoms with E-state index in [-0.39, 0.29) is 18.4 Å². The number of amides is 2. The number of hydrogen-bond acceptors (Lipinski definition) is 4. The topological polar surface area (TPSA) is 59.1 Å². The van der Waals surface area contributed by atoms with Gasteiger partial charge in [0.25, 0.3) is 11.8 Å². The second-order valence-electron chi connectivity index (χ2n) is 6.78. The lowest BCUT2D eigenvalue weighted by atomic mass is 10.0. The van der Waals surface area contributed by atoms with Gasteiger partial charge in [-0.25, -0.2) is 0 Å². The Morgan fingerprint density at radius 1 is 1.21 bits per heavy atom. The van der Waals surface area contributed by atoms with E-state index < -0.39 is 0 Å². The molecule has 0 saturated carbocycles. The van der Waals surface area contributed by atoms with Crippen molar-refractivity contribution in [1.29, 1.82) is 0 Å². The highest BCUT2D eigenvalue weighted by Crippen LogP contribution is 2.40. The molecule has 29 heavy (non-hydrogen) atoms. The van der Waals surface area contributed by atoms with E-state index in [0.29, 0.717) is 28.2 Å². The normalized spacial score (nSPS) is 14.2. The zero-order valence-corrected chi connectivity index (χ0v) is 18.4. The molecule has 0 bridgehead atoms. The van der Waals surface area contributed by atoms with Crippen LogP contribution in [0.5, 0.6) is 11.5 Å². The van der Waals surface area contributed by atoms with Crippen LogP contribution in [0, 0.1) is 0 Å². The molecule has 1 aliphatic rings. The smallest absolute Gasteiger partial charge is 0.259 e. The van der Waals surface area contributed by atoms with Gasteiger partial charge < -0.3 is 19.3 Å². The molecule has 0 unspecified atom stereocenters. The summed E-state index contributed by atoms with van der Waals surface area (Å²) in [4.78, 5) is 27.7. The van der Waals surface area contributed by atoms with Gasteiger partial charge in [0.2, 0.25) is 0 Å². The summed E-state index contributed by atoms with van der Waals surface area (Å²) in [5, 5.41) is 0. The van der Waals surface area contributed by atoms with Crippen LogP contribution in [0.2, 0.25) is 0 Å². The SMILES string of the molecule is CCOc1cc(C=C2C(=O)N(C)c3ccccc32)cc(Br)c1OCC(=O)N(C)C. The number of para-hydroxylation sites is 1. The van der Waals surface area contributed by atoms with Crippen LogP contribution in [0.4, 0.5) is 5.69 Å². The average molecular weight is 459 g/mol. The van der Waals surface area contributed by atoms with Gasteiger partial charge in [0.1, 0.15) is 0 Å². The molecular weight excluding hydrogens is 436 g/mol. The maximum absolute atomic E-state index is 12.7. The second kappa shape index (κ2) is 8.69. The summed E-state index contributed by atoms with van der Waals surface area (Å²) in [5.74, 6) is 0.755. The van der Waals surface area contributed by atoms with Gasteiger partial charge in [0, 0.05) is 32.3 Å². The Kier molecular flexibility index (Phi) is 6.27. The number of benzene rings is 2. The van der Waals surface area contributed by atoms with Crippen molar-refractivity contribution < 1.29 is 19.1 Å². The monoisotopic (exact) mass is 458 g/mol. The molecule has 0 spiro atoms. The molecule has 2 aromatic rings. The molecule has 6 nitrogen and oxygen atoms in total. The van der Waals surface area contributed by atoms with E-state index >= 15 is 0 Å². The number of hydrogen-bond donors (Lipinski definition) is 0. The van der Waals surface area contributed by atoms with E-state index in [1.54, 1.807) is 26.0 Å². The maximum atomic E-state index is 12.7. The molecular formula is C22H23BrN2O4. The molecule has 1 aliphatic heterocycles. The van der Waals surface area contributed by atoms with E-state index in [9.17, 15) is 9.59 Å². The van der Waals surface area contributed by atoms with Gasteiger partial charge in [-0.05, 0) is 52.7 Å². The molecule has 0 N–H and O–H groups in total. The number of rotatable bonds is 6. The highest BCUT2D eigenvalue weighted by molar-refractivity contribution is 9.10. The Balaban J connectivity index is 1.98. The minimum Gasteiger partial charge on any atom is -0.490 e. The third kappa shape index (κ3) is 4.29. The average Bonchev–Trinajstić information content (AvgIpc) is 2.92. The molecule has 0 aliphatic carbocycles. The van der Waals surface area contributed by atoms with E-state index in [2.05, 4.69) is 15.9 Å². The summed E-state index contributed by atoms with van der Waals surface area (Å²) < 4.78 is 12.1. The van der Waals surface area contributed by atoms with Gasteiger partial charge in [0.15, 0.2) is 18.1 Å². The fourth-order valence-corrected chi connectivity index (χ4v) is 3.62. The molecule has 3 rings (SSSR count). The Morgan fingerprint density at radius 2 is 1.93 bits per heavy atom. The molecule has 0 fully saturated rings. The molecule has 7 heteroatoms. The molecule has 1 heterocycles. The predicted molar refractivity (Wildman–Crippen MR) is 117 cm³/mol. The number of nitrogens with zero attached hydrogens (tertiary/aromatic N) is 2. The highest BCUT2D eigenvalue weighted by atomic mass is 79.9. The van der Waals surface area contributed by atoms with Crippen molar-refractivity contribution >= 4 is 45.1 Å². The highest BCUT2D eigenvalue weighted by Gasteiger charge is 2.29. The molecule has 2 amide bonds. The summed E-state index contributed by atoms with van der Waals surface area (Å²) in [6.07, 6.45) is 1.84. The van der Waals surface area contributed by atoms with Crippen molar-refractivity contribution in [1.82, 2.24) is 4.90 Å². The summed E-state index contributed by atoms with van der Waals surface area (Å²) in [7, 11) is 5.11. The lowest BCUT2D eigenvalue weighted by Gasteiger charge is -2.16. The van der Waals surface area contributed by atoms with Gasteiger partial charge in [-0.3, -0.25) is 9.59 Å². The Morgan fingerprint density at radius 3 is 2.62 bits per heavy atom. The zero-order chi connectivity index (χ0) is 21.1. The first-order chi connectivity index (χ1) is 13.8. The first kappa shape index (κ1) is 20.9. The number of anilines is 1.